The van der Waals surface area contributed by atoms with Gasteiger partial charge in [0.25, 0.3) is 0 Å². The SMILES string of the molecule is CCCOc1ccc(-c2ccc3c(F)c(CCc4ccc(F)cc4)ccc3c2)cc1. The van der Waals surface area contributed by atoms with Crippen LogP contribution in [0.15, 0.2) is 78.9 Å². The molecule has 0 saturated heterocycles. The zero-order valence-corrected chi connectivity index (χ0v) is 17.0. The van der Waals surface area contributed by atoms with Crippen molar-refractivity contribution < 1.29 is 13.5 Å². The van der Waals surface area contributed by atoms with Crippen molar-refractivity contribution in [1.82, 2.24) is 0 Å². The summed E-state index contributed by atoms with van der Waals surface area (Å²) in [4.78, 5) is 0. The van der Waals surface area contributed by atoms with Crippen LogP contribution in [0.5, 0.6) is 5.75 Å². The van der Waals surface area contributed by atoms with Gasteiger partial charge in [0.15, 0.2) is 0 Å². The Hall–Kier alpha value is -3.20. The smallest absolute Gasteiger partial charge is 0.134 e. The van der Waals surface area contributed by atoms with Crippen LogP contribution in [0.1, 0.15) is 24.5 Å². The minimum absolute atomic E-state index is 0.176. The van der Waals surface area contributed by atoms with Crippen molar-refractivity contribution in [3.05, 3.63) is 102 Å². The first-order chi connectivity index (χ1) is 14.6. The largest absolute Gasteiger partial charge is 0.494 e. The van der Waals surface area contributed by atoms with Gasteiger partial charge in [-0.3, -0.25) is 0 Å². The standard InChI is InChI=1S/C27H24F2O/c1-2-17-30-25-14-9-20(10-15-25)22-11-16-26-23(18-22)8-7-21(27(26)29)6-3-19-4-12-24(28)13-5-19/h4-5,7-16,18H,2-3,6,17H2,1H3. The monoisotopic (exact) mass is 402 g/mol. The van der Waals surface area contributed by atoms with Crippen molar-refractivity contribution in [3.8, 4) is 16.9 Å². The molecular formula is C27H24F2O. The van der Waals surface area contributed by atoms with E-state index in [2.05, 4.69) is 6.92 Å². The van der Waals surface area contributed by atoms with Crippen LogP contribution in [0.3, 0.4) is 0 Å². The first-order valence-corrected chi connectivity index (χ1v) is 10.3. The summed E-state index contributed by atoms with van der Waals surface area (Å²) >= 11 is 0. The minimum Gasteiger partial charge on any atom is -0.494 e. The van der Waals surface area contributed by atoms with E-state index in [0.717, 1.165) is 34.2 Å². The quantitative estimate of drug-likeness (QED) is 0.314. The molecular weight excluding hydrogens is 378 g/mol. The minimum atomic E-state index is -0.255. The van der Waals surface area contributed by atoms with Crippen molar-refractivity contribution >= 4 is 10.8 Å². The molecule has 30 heavy (non-hydrogen) atoms. The molecule has 0 heterocycles. The fourth-order valence-electron chi connectivity index (χ4n) is 3.60. The zero-order valence-electron chi connectivity index (χ0n) is 17.0. The molecule has 1 nitrogen and oxygen atoms in total. The molecule has 0 unspecified atom stereocenters. The Kier molecular flexibility index (Phi) is 6.08. The van der Waals surface area contributed by atoms with Crippen molar-refractivity contribution in [2.75, 3.05) is 6.61 Å². The third-order valence-electron chi connectivity index (χ3n) is 5.29. The highest BCUT2D eigenvalue weighted by Crippen LogP contribution is 2.29. The number of hydrogen-bond acceptors (Lipinski definition) is 1. The van der Waals surface area contributed by atoms with E-state index < -0.39 is 0 Å². The van der Waals surface area contributed by atoms with Crippen molar-refractivity contribution in [2.45, 2.75) is 26.2 Å². The van der Waals surface area contributed by atoms with Gasteiger partial charge in [-0.15, -0.1) is 0 Å². The van der Waals surface area contributed by atoms with E-state index in [0.29, 0.717) is 30.4 Å². The molecule has 0 fully saturated rings. The van der Waals surface area contributed by atoms with Gasteiger partial charge in [0.05, 0.1) is 6.61 Å². The first kappa shape index (κ1) is 20.1. The Balaban J connectivity index is 1.54. The molecule has 4 rings (SSSR count). The summed E-state index contributed by atoms with van der Waals surface area (Å²) in [6.45, 7) is 2.79. The molecule has 152 valence electrons. The number of fused-ring (bicyclic) bond motifs is 1. The summed E-state index contributed by atoms with van der Waals surface area (Å²) in [5.41, 5.74) is 3.79. The molecule has 0 atom stereocenters. The van der Waals surface area contributed by atoms with Crippen molar-refractivity contribution in [2.24, 2.45) is 0 Å². The molecule has 0 aliphatic heterocycles. The molecule has 0 spiro atoms. The lowest BCUT2D eigenvalue weighted by molar-refractivity contribution is 0.317. The van der Waals surface area contributed by atoms with Crippen LogP contribution in [-0.2, 0) is 12.8 Å². The third kappa shape index (κ3) is 4.51. The van der Waals surface area contributed by atoms with Crippen molar-refractivity contribution in [1.29, 1.82) is 0 Å². The summed E-state index contributed by atoms with van der Waals surface area (Å²) < 4.78 is 33.7. The van der Waals surface area contributed by atoms with Gasteiger partial charge in [-0.2, -0.15) is 0 Å². The maximum Gasteiger partial charge on any atom is 0.134 e. The fourth-order valence-corrected chi connectivity index (χ4v) is 3.60. The highest BCUT2D eigenvalue weighted by atomic mass is 19.1. The summed E-state index contributed by atoms with van der Waals surface area (Å²) in [5.74, 6) is 0.428. The predicted molar refractivity (Wildman–Crippen MR) is 119 cm³/mol. The molecule has 0 radical (unpaired) electrons. The Labute approximate surface area is 175 Å². The average Bonchev–Trinajstić information content (AvgIpc) is 2.78. The maximum absolute atomic E-state index is 15.1. The van der Waals surface area contributed by atoms with Crippen LogP contribution in [0, 0.1) is 11.6 Å². The summed E-state index contributed by atoms with van der Waals surface area (Å²) in [7, 11) is 0. The Morgan fingerprint density at radius 2 is 1.47 bits per heavy atom. The van der Waals surface area contributed by atoms with E-state index in [1.54, 1.807) is 12.1 Å². The average molecular weight is 402 g/mol. The zero-order chi connectivity index (χ0) is 20.9. The summed E-state index contributed by atoms with van der Waals surface area (Å²) in [6, 6.07) is 24.0. The molecule has 0 N–H and O–H groups in total. The van der Waals surface area contributed by atoms with Gasteiger partial charge in [0, 0.05) is 5.39 Å². The van der Waals surface area contributed by atoms with Gasteiger partial charge in [0.2, 0.25) is 0 Å². The van der Waals surface area contributed by atoms with Gasteiger partial charge in [-0.25, -0.2) is 8.78 Å². The van der Waals surface area contributed by atoms with Crippen LogP contribution < -0.4 is 4.74 Å². The number of benzene rings is 4. The van der Waals surface area contributed by atoms with Crippen molar-refractivity contribution in [3.63, 3.8) is 0 Å². The number of halogens is 2. The lowest BCUT2D eigenvalue weighted by Gasteiger charge is -2.10. The second kappa shape index (κ2) is 9.08. The van der Waals surface area contributed by atoms with Gasteiger partial charge >= 0.3 is 0 Å². The Bertz CT molecular complexity index is 1130. The molecule has 0 bridgehead atoms. The van der Waals surface area contributed by atoms with E-state index in [4.69, 9.17) is 4.74 Å². The van der Waals surface area contributed by atoms with Crippen LogP contribution in [0.25, 0.3) is 21.9 Å². The van der Waals surface area contributed by atoms with Crippen LogP contribution in [0.2, 0.25) is 0 Å². The van der Waals surface area contributed by atoms with Crippen LogP contribution in [0.4, 0.5) is 8.78 Å². The molecule has 0 saturated carbocycles. The second-order valence-electron chi connectivity index (χ2n) is 7.47. The maximum atomic E-state index is 15.1. The fraction of sp³-hybridized carbons (Fsp3) is 0.185. The molecule has 0 aliphatic rings. The topological polar surface area (TPSA) is 9.23 Å². The first-order valence-electron chi connectivity index (χ1n) is 10.3. The van der Waals surface area contributed by atoms with Gasteiger partial charge in [-0.1, -0.05) is 55.5 Å². The second-order valence-corrected chi connectivity index (χ2v) is 7.47. The molecule has 3 heteroatoms. The van der Waals surface area contributed by atoms with E-state index in [9.17, 15) is 4.39 Å². The third-order valence-corrected chi connectivity index (χ3v) is 5.29. The van der Waals surface area contributed by atoms with E-state index in [1.165, 1.54) is 12.1 Å². The summed E-state index contributed by atoms with van der Waals surface area (Å²) in [6.07, 6.45) is 2.23. The van der Waals surface area contributed by atoms with Gasteiger partial charge < -0.3 is 4.74 Å². The number of rotatable bonds is 7. The number of aryl methyl sites for hydroxylation is 2. The Morgan fingerprint density at radius 3 is 2.20 bits per heavy atom. The van der Waals surface area contributed by atoms with Crippen LogP contribution in [-0.4, -0.2) is 6.61 Å². The van der Waals surface area contributed by atoms with Gasteiger partial charge in [-0.05, 0) is 77.2 Å². The van der Waals surface area contributed by atoms with Crippen LogP contribution >= 0.6 is 0 Å². The lowest BCUT2D eigenvalue weighted by Crippen LogP contribution is -1.96. The molecule has 4 aromatic rings. The number of hydrogen-bond donors (Lipinski definition) is 0. The molecule has 0 aromatic heterocycles. The van der Waals surface area contributed by atoms with E-state index >= 15 is 4.39 Å². The molecule has 0 amide bonds. The number of ether oxygens (including phenoxy) is 1. The predicted octanol–water partition coefficient (Wildman–Crippen LogP) is 7.36. The normalized spacial score (nSPS) is 11.0. The highest BCUT2D eigenvalue weighted by Gasteiger charge is 2.09. The lowest BCUT2D eigenvalue weighted by atomic mass is 9.97. The Morgan fingerprint density at radius 1 is 0.733 bits per heavy atom. The van der Waals surface area contributed by atoms with Gasteiger partial charge in [0.1, 0.15) is 17.4 Å². The molecule has 0 aliphatic carbocycles. The molecule has 4 aromatic carbocycles. The van der Waals surface area contributed by atoms with E-state index in [-0.39, 0.29) is 11.6 Å². The summed E-state index contributed by atoms with van der Waals surface area (Å²) in [5, 5.41) is 1.50. The highest BCUT2D eigenvalue weighted by molar-refractivity contribution is 5.88. The van der Waals surface area contributed by atoms with E-state index in [1.807, 2.05) is 54.6 Å².